The smallest absolute Gasteiger partial charge is 0.346 e. The van der Waals surface area contributed by atoms with Crippen molar-refractivity contribution in [1.29, 1.82) is 0 Å². The van der Waals surface area contributed by atoms with E-state index in [0.717, 1.165) is 18.3 Å². The first-order valence-electron chi connectivity index (χ1n) is 12.2. The molecule has 1 aliphatic heterocycles. The zero-order chi connectivity index (χ0) is 28.3. The molecular weight excluding hydrogens is 523 g/mol. The Kier molecular flexibility index (Phi) is 8.17. The van der Waals surface area contributed by atoms with Crippen LogP contribution in [0.25, 0.3) is 0 Å². The fourth-order valence-corrected chi connectivity index (χ4v) is 4.57. The summed E-state index contributed by atoms with van der Waals surface area (Å²) in [6.45, 7) is 3.64. The maximum absolute atomic E-state index is 14.0. The summed E-state index contributed by atoms with van der Waals surface area (Å²) in [4.78, 5) is 42.8. The molecule has 8 nitrogen and oxygen atoms in total. The first-order valence-corrected chi connectivity index (χ1v) is 12.2. The average molecular weight is 549 g/mol. The Labute approximate surface area is 220 Å². The molecule has 1 saturated heterocycles. The van der Waals surface area contributed by atoms with Crippen molar-refractivity contribution in [3.63, 3.8) is 0 Å². The van der Waals surface area contributed by atoms with E-state index < -0.39 is 41.9 Å². The van der Waals surface area contributed by atoms with Gasteiger partial charge in [0.1, 0.15) is 17.5 Å². The minimum Gasteiger partial charge on any atom is -0.346 e. The second-order valence-electron chi connectivity index (χ2n) is 9.20. The van der Waals surface area contributed by atoms with Gasteiger partial charge in [-0.1, -0.05) is 6.07 Å². The maximum Gasteiger partial charge on any atom is 0.451 e. The first kappa shape index (κ1) is 28.0. The summed E-state index contributed by atoms with van der Waals surface area (Å²) in [6, 6.07) is 4.71. The first-order chi connectivity index (χ1) is 18.4. The van der Waals surface area contributed by atoms with Gasteiger partial charge >= 0.3 is 6.18 Å². The fourth-order valence-electron chi connectivity index (χ4n) is 4.57. The topological polar surface area (TPSA) is 101 Å². The highest BCUT2D eigenvalue weighted by atomic mass is 19.4. The Bertz CT molecular complexity index is 1370. The number of aryl methyl sites for hydroxylation is 2. The molecule has 3 heterocycles. The van der Waals surface area contributed by atoms with Crippen LogP contribution in [0.5, 0.6) is 0 Å². The summed E-state index contributed by atoms with van der Waals surface area (Å²) in [5.74, 6) is -3.61. The average Bonchev–Trinajstić information content (AvgIpc) is 2.88. The zero-order valence-electron chi connectivity index (χ0n) is 21.1. The van der Waals surface area contributed by atoms with Crippen LogP contribution in [0.3, 0.4) is 0 Å². The van der Waals surface area contributed by atoms with Crippen molar-refractivity contribution < 1.29 is 31.5 Å². The predicted molar refractivity (Wildman–Crippen MR) is 128 cm³/mol. The van der Waals surface area contributed by atoms with Crippen molar-refractivity contribution in [2.45, 2.75) is 51.7 Å². The lowest BCUT2D eigenvalue weighted by molar-refractivity contribution is -0.145. The third kappa shape index (κ3) is 6.52. The van der Waals surface area contributed by atoms with Gasteiger partial charge in [0.15, 0.2) is 0 Å². The number of halogens is 5. The summed E-state index contributed by atoms with van der Waals surface area (Å²) in [7, 11) is 0. The number of hydrogen-bond donors (Lipinski definition) is 1. The van der Waals surface area contributed by atoms with Crippen LogP contribution in [0.1, 0.15) is 63.4 Å². The third-order valence-electron chi connectivity index (χ3n) is 6.48. The number of carbonyl (C=O) groups excluding carboxylic acids is 2. The lowest BCUT2D eigenvalue weighted by Crippen LogP contribution is -2.39. The van der Waals surface area contributed by atoms with Crippen LogP contribution in [-0.2, 0) is 23.9 Å². The Balaban J connectivity index is 1.45. The number of hydrogen-bond acceptors (Lipinski definition) is 6. The minimum atomic E-state index is -4.71. The molecule has 1 aromatic carbocycles. The van der Waals surface area contributed by atoms with E-state index in [0.29, 0.717) is 43.1 Å². The molecule has 1 aliphatic rings. The van der Waals surface area contributed by atoms with E-state index in [2.05, 4.69) is 25.3 Å². The van der Waals surface area contributed by atoms with Crippen molar-refractivity contribution in [1.82, 2.24) is 30.2 Å². The van der Waals surface area contributed by atoms with Gasteiger partial charge < -0.3 is 10.2 Å². The molecule has 4 rings (SSSR count). The van der Waals surface area contributed by atoms with Gasteiger partial charge in [-0.05, 0) is 44.9 Å². The van der Waals surface area contributed by atoms with E-state index in [4.69, 9.17) is 0 Å². The van der Waals surface area contributed by atoms with Gasteiger partial charge in [-0.15, -0.1) is 0 Å². The van der Waals surface area contributed by atoms with Crippen LogP contribution in [0.4, 0.5) is 22.0 Å². The van der Waals surface area contributed by atoms with Gasteiger partial charge in [0.25, 0.3) is 5.91 Å². The molecule has 0 atom stereocenters. The molecule has 39 heavy (non-hydrogen) atoms. The second-order valence-corrected chi connectivity index (χ2v) is 9.20. The van der Waals surface area contributed by atoms with Gasteiger partial charge in [-0.3, -0.25) is 9.59 Å². The van der Waals surface area contributed by atoms with Gasteiger partial charge in [0.05, 0.1) is 35.6 Å². The molecule has 0 radical (unpaired) electrons. The third-order valence-corrected chi connectivity index (χ3v) is 6.48. The molecule has 13 heteroatoms. The maximum atomic E-state index is 14.0. The number of likely N-dealkylation sites (tertiary alicyclic amines) is 1. The molecule has 0 bridgehead atoms. The molecular formula is C26H25F5N6O2. The minimum absolute atomic E-state index is 0.0176. The van der Waals surface area contributed by atoms with Crippen molar-refractivity contribution in [3.05, 3.63) is 82.0 Å². The molecule has 0 spiro atoms. The summed E-state index contributed by atoms with van der Waals surface area (Å²) in [5, 5.41) is 2.59. The highest BCUT2D eigenvalue weighted by Gasteiger charge is 2.35. The van der Waals surface area contributed by atoms with E-state index in [1.807, 2.05) is 0 Å². The number of piperidine rings is 1. The van der Waals surface area contributed by atoms with Crippen LogP contribution >= 0.6 is 0 Å². The van der Waals surface area contributed by atoms with Crippen LogP contribution < -0.4 is 5.32 Å². The molecule has 1 fully saturated rings. The number of benzene rings is 1. The van der Waals surface area contributed by atoms with E-state index in [1.54, 1.807) is 13.8 Å². The summed E-state index contributed by atoms with van der Waals surface area (Å²) in [6.07, 6.45) is -3.25. The van der Waals surface area contributed by atoms with Gasteiger partial charge in [0.2, 0.25) is 11.7 Å². The second kappa shape index (κ2) is 11.4. The van der Waals surface area contributed by atoms with Crippen LogP contribution in [0.2, 0.25) is 0 Å². The Morgan fingerprint density at radius 3 is 2.33 bits per heavy atom. The van der Waals surface area contributed by atoms with Crippen molar-refractivity contribution in [3.8, 4) is 0 Å². The van der Waals surface area contributed by atoms with Crippen LogP contribution in [0, 0.1) is 25.5 Å². The SMILES string of the molecule is Cc1nc(C)c(C(=O)NCc2ccnc(C(F)(F)F)n2)c(C2CCN(C(=O)Cc3c(F)cccc3F)CC2)n1. The molecule has 1 N–H and O–H groups in total. The normalized spacial score (nSPS) is 14.4. The molecule has 206 valence electrons. The van der Waals surface area contributed by atoms with Crippen molar-refractivity contribution in [2.75, 3.05) is 13.1 Å². The molecule has 2 aromatic heterocycles. The number of rotatable bonds is 6. The highest BCUT2D eigenvalue weighted by molar-refractivity contribution is 5.96. The highest BCUT2D eigenvalue weighted by Crippen LogP contribution is 2.31. The number of nitrogens with zero attached hydrogens (tertiary/aromatic N) is 5. The quantitative estimate of drug-likeness (QED) is 0.467. The lowest BCUT2D eigenvalue weighted by atomic mass is 9.89. The zero-order valence-corrected chi connectivity index (χ0v) is 21.1. The number of alkyl halides is 3. The summed E-state index contributed by atoms with van der Waals surface area (Å²) < 4.78 is 66.7. The van der Waals surface area contributed by atoms with Crippen LogP contribution in [0.15, 0.2) is 30.5 Å². The molecule has 3 aromatic rings. The lowest BCUT2D eigenvalue weighted by Gasteiger charge is -2.32. The van der Waals surface area contributed by atoms with Crippen molar-refractivity contribution >= 4 is 11.8 Å². The predicted octanol–water partition coefficient (Wildman–Crippen LogP) is 4.06. The van der Waals surface area contributed by atoms with E-state index in [-0.39, 0.29) is 29.3 Å². The largest absolute Gasteiger partial charge is 0.451 e. The number of carbonyl (C=O) groups is 2. The van der Waals surface area contributed by atoms with Gasteiger partial charge in [-0.25, -0.2) is 28.7 Å². The van der Waals surface area contributed by atoms with Crippen molar-refractivity contribution in [2.24, 2.45) is 0 Å². The number of nitrogens with one attached hydrogen (secondary N) is 1. The Morgan fingerprint density at radius 1 is 1.03 bits per heavy atom. The summed E-state index contributed by atoms with van der Waals surface area (Å²) in [5.41, 5.74) is 0.794. The molecule has 0 unspecified atom stereocenters. The van der Waals surface area contributed by atoms with Crippen LogP contribution in [-0.4, -0.2) is 49.7 Å². The Hall–Kier alpha value is -4.03. The fraction of sp³-hybridized carbons (Fsp3) is 0.385. The molecule has 2 amide bonds. The number of amides is 2. The Morgan fingerprint density at radius 2 is 1.69 bits per heavy atom. The standard InChI is InChI=1S/C26H25F5N6O2/c1-14-22(24(39)33-13-17-6-9-32-25(36-17)26(29,30)31)23(35-15(2)34-14)16-7-10-37(11-8-16)21(38)12-18-19(27)4-3-5-20(18)28/h3-6,9,16H,7-8,10-13H2,1-2H3,(H,33,39). The monoisotopic (exact) mass is 548 g/mol. The molecule has 0 aliphatic carbocycles. The summed E-state index contributed by atoms with van der Waals surface area (Å²) >= 11 is 0. The van der Waals surface area contributed by atoms with Gasteiger partial charge in [0, 0.05) is 30.8 Å². The van der Waals surface area contributed by atoms with E-state index in [9.17, 15) is 31.5 Å². The van der Waals surface area contributed by atoms with E-state index in [1.165, 1.54) is 17.0 Å². The van der Waals surface area contributed by atoms with Gasteiger partial charge in [-0.2, -0.15) is 13.2 Å². The molecule has 0 saturated carbocycles. The van der Waals surface area contributed by atoms with E-state index >= 15 is 0 Å². The number of aromatic nitrogens is 4.